The van der Waals surface area contributed by atoms with Crippen molar-refractivity contribution < 1.29 is 0 Å². The van der Waals surface area contributed by atoms with Gasteiger partial charge in [0.15, 0.2) is 0 Å². The van der Waals surface area contributed by atoms with Gasteiger partial charge in [-0.25, -0.2) is 0 Å². The van der Waals surface area contributed by atoms with Crippen molar-refractivity contribution in [1.29, 1.82) is 0 Å². The van der Waals surface area contributed by atoms with Gasteiger partial charge in [0, 0.05) is 24.2 Å². The molecule has 0 spiro atoms. The van der Waals surface area contributed by atoms with Gasteiger partial charge in [-0.1, -0.05) is 30.2 Å². The number of benzene rings is 1. The van der Waals surface area contributed by atoms with Gasteiger partial charge in [-0.05, 0) is 23.8 Å². The molecule has 1 heterocycles. The van der Waals surface area contributed by atoms with Gasteiger partial charge in [0.2, 0.25) is 0 Å². The summed E-state index contributed by atoms with van der Waals surface area (Å²) >= 11 is 0. The molecule has 0 aromatic heterocycles. The molecule has 1 nitrogen and oxygen atoms in total. The Morgan fingerprint density at radius 2 is 2.06 bits per heavy atom. The maximum atomic E-state index is 5.45. The Labute approximate surface area is 96.1 Å². The van der Waals surface area contributed by atoms with Crippen LogP contribution in [-0.4, -0.2) is 13.1 Å². The Morgan fingerprint density at radius 3 is 2.88 bits per heavy atom. The van der Waals surface area contributed by atoms with E-state index in [1.54, 1.807) is 0 Å². The molecule has 3 rings (SSSR count). The third-order valence-corrected chi connectivity index (χ3v) is 3.49. The lowest BCUT2D eigenvalue weighted by molar-refractivity contribution is 0.723. The molecular formula is C15H13N. The molecule has 1 aliphatic carbocycles. The molecular weight excluding hydrogens is 194 g/mol. The first-order valence-electron chi connectivity index (χ1n) is 5.49. The zero-order valence-electron chi connectivity index (χ0n) is 9.22. The molecule has 78 valence electrons. The van der Waals surface area contributed by atoms with E-state index >= 15 is 0 Å². The smallest absolute Gasteiger partial charge is 0.0577 e. The van der Waals surface area contributed by atoms with Gasteiger partial charge >= 0.3 is 0 Å². The van der Waals surface area contributed by atoms with Crippen molar-refractivity contribution in [3.8, 4) is 12.3 Å². The molecule has 0 saturated heterocycles. The monoisotopic (exact) mass is 207 g/mol. The van der Waals surface area contributed by atoms with Crippen LogP contribution < -0.4 is 4.90 Å². The minimum Gasteiger partial charge on any atom is -0.367 e. The van der Waals surface area contributed by atoms with Crippen molar-refractivity contribution in [1.82, 2.24) is 0 Å². The Hall–Kier alpha value is -1.94. The number of fused-ring (bicyclic) bond motifs is 3. The molecule has 0 fully saturated rings. The molecule has 0 N–H and O–H groups in total. The normalized spacial score (nSPS) is 25.1. The predicted octanol–water partition coefficient (Wildman–Crippen LogP) is 2.70. The van der Waals surface area contributed by atoms with Crippen molar-refractivity contribution in [3.05, 3.63) is 53.6 Å². The molecule has 1 heteroatoms. The second-order valence-corrected chi connectivity index (χ2v) is 4.32. The summed E-state index contributed by atoms with van der Waals surface area (Å²) < 4.78 is 0. The summed E-state index contributed by atoms with van der Waals surface area (Å²) in [6.45, 7) is 0. The highest BCUT2D eigenvalue weighted by atomic mass is 15.2. The number of allylic oxidation sites excluding steroid dienone is 2. The van der Waals surface area contributed by atoms with E-state index in [4.69, 9.17) is 6.42 Å². The van der Waals surface area contributed by atoms with E-state index in [1.165, 1.54) is 11.3 Å². The maximum Gasteiger partial charge on any atom is 0.0577 e. The molecule has 2 atom stereocenters. The number of anilines is 1. The van der Waals surface area contributed by atoms with Crippen molar-refractivity contribution in [2.45, 2.75) is 12.0 Å². The van der Waals surface area contributed by atoms with Gasteiger partial charge in [-0.3, -0.25) is 0 Å². The Bertz CT molecular complexity index is 531. The van der Waals surface area contributed by atoms with Gasteiger partial charge in [0.05, 0.1) is 6.04 Å². The average molecular weight is 207 g/mol. The van der Waals surface area contributed by atoms with Crippen LogP contribution >= 0.6 is 0 Å². The zero-order valence-corrected chi connectivity index (χ0v) is 9.22. The second-order valence-electron chi connectivity index (χ2n) is 4.32. The Morgan fingerprint density at radius 1 is 1.25 bits per heavy atom. The van der Waals surface area contributed by atoms with E-state index in [0.29, 0.717) is 12.0 Å². The van der Waals surface area contributed by atoms with Gasteiger partial charge in [-0.15, -0.1) is 6.42 Å². The van der Waals surface area contributed by atoms with E-state index in [9.17, 15) is 0 Å². The van der Waals surface area contributed by atoms with Crippen LogP contribution in [0.15, 0.2) is 42.5 Å². The lowest BCUT2D eigenvalue weighted by Crippen LogP contribution is -2.28. The minimum absolute atomic E-state index is 0.452. The number of likely N-dealkylation sites (N-methyl/N-ethyl adjacent to an activating group) is 1. The first kappa shape index (κ1) is 9.30. The van der Waals surface area contributed by atoms with Crippen LogP contribution in [0.25, 0.3) is 0 Å². The molecule has 0 saturated carbocycles. The van der Waals surface area contributed by atoms with E-state index in [-0.39, 0.29) is 0 Å². The number of hydrogen-bond donors (Lipinski definition) is 0. The zero-order chi connectivity index (χ0) is 11.1. The summed E-state index contributed by atoms with van der Waals surface area (Å²) in [5, 5.41) is 0. The fourth-order valence-corrected chi connectivity index (χ4v) is 2.65. The van der Waals surface area contributed by atoms with Crippen molar-refractivity contribution in [2.75, 3.05) is 11.9 Å². The SMILES string of the molecule is C#Cc1ccc2c(c1)C1C=CC=CC1N2C. The molecule has 1 aromatic carbocycles. The fraction of sp³-hybridized carbons (Fsp3) is 0.200. The number of rotatable bonds is 0. The molecule has 1 aromatic rings. The average Bonchev–Trinajstić information content (AvgIpc) is 2.64. The molecule has 16 heavy (non-hydrogen) atoms. The minimum atomic E-state index is 0.452. The summed E-state index contributed by atoms with van der Waals surface area (Å²) in [5.74, 6) is 3.16. The molecule has 0 amide bonds. The van der Waals surface area contributed by atoms with Crippen LogP contribution in [0.2, 0.25) is 0 Å². The van der Waals surface area contributed by atoms with Crippen LogP contribution in [0, 0.1) is 12.3 Å². The molecule has 0 radical (unpaired) electrons. The van der Waals surface area contributed by atoms with Crippen LogP contribution in [-0.2, 0) is 0 Å². The quantitative estimate of drug-likeness (QED) is 0.591. The van der Waals surface area contributed by atoms with E-state index in [0.717, 1.165) is 5.56 Å². The lowest BCUT2D eigenvalue weighted by atomic mass is 9.91. The van der Waals surface area contributed by atoms with Gasteiger partial charge < -0.3 is 4.90 Å². The Kier molecular flexibility index (Phi) is 1.91. The van der Waals surface area contributed by atoms with Gasteiger partial charge in [0.25, 0.3) is 0 Å². The lowest BCUT2D eigenvalue weighted by Gasteiger charge is -2.23. The number of nitrogens with zero attached hydrogens (tertiary/aromatic N) is 1. The number of hydrogen-bond acceptors (Lipinski definition) is 1. The number of terminal acetylenes is 1. The summed E-state index contributed by atoms with van der Waals surface area (Å²) in [7, 11) is 2.14. The van der Waals surface area contributed by atoms with Crippen molar-refractivity contribution in [3.63, 3.8) is 0 Å². The van der Waals surface area contributed by atoms with Gasteiger partial charge in [0.1, 0.15) is 0 Å². The predicted molar refractivity (Wildman–Crippen MR) is 67.6 cm³/mol. The summed E-state index contributed by atoms with van der Waals surface area (Å²) in [4.78, 5) is 2.32. The maximum absolute atomic E-state index is 5.45. The van der Waals surface area contributed by atoms with Crippen LogP contribution in [0.3, 0.4) is 0 Å². The van der Waals surface area contributed by atoms with Crippen LogP contribution in [0.1, 0.15) is 17.0 Å². The first-order chi connectivity index (χ1) is 7.81. The Balaban J connectivity index is 2.16. The second kappa shape index (κ2) is 3.28. The van der Waals surface area contributed by atoms with E-state index < -0.39 is 0 Å². The van der Waals surface area contributed by atoms with Crippen molar-refractivity contribution in [2.24, 2.45) is 0 Å². The highest BCUT2D eigenvalue weighted by Crippen LogP contribution is 2.42. The molecule has 2 unspecified atom stereocenters. The van der Waals surface area contributed by atoms with Crippen LogP contribution in [0.4, 0.5) is 5.69 Å². The van der Waals surface area contributed by atoms with E-state index in [1.807, 2.05) is 6.07 Å². The summed E-state index contributed by atoms with van der Waals surface area (Å²) in [6, 6.07) is 6.73. The third kappa shape index (κ3) is 1.13. The summed E-state index contributed by atoms with van der Waals surface area (Å²) in [6.07, 6.45) is 14.2. The third-order valence-electron chi connectivity index (χ3n) is 3.49. The van der Waals surface area contributed by atoms with Gasteiger partial charge in [-0.2, -0.15) is 0 Å². The topological polar surface area (TPSA) is 3.24 Å². The fourth-order valence-electron chi connectivity index (χ4n) is 2.65. The summed E-state index contributed by atoms with van der Waals surface area (Å²) in [5.41, 5.74) is 3.62. The first-order valence-corrected chi connectivity index (χ1v) is 5.49. The van der Waals surface area contributed by atoms with E-state index in [2.05, 4.69) is 54.3 Å². The van der Waals surface area contributed by atoms with Crippen LogP contribution in [0.5, 0.6) is 0 Å². The highest BCUT2D eigenvalue weighted by molar-refractivity contribution is 5.66. The van der Waals surface area contributed by atoms with Crippen molar-refractivity contribution >= 4 is 5.69 Å². The molecule has 2 aliphatic rings. The molecule has 1 aliphatic heterocycles. The highest BCUT2D eigenvalue weighted by Gasteiger charge is 2.33. The largest absolute Gasteiger partial charge is 0.367 e. The standard InChI is InChI=1S/C15H13N/c1-3-11-8-9-15-13(10-11)12-6-4-5-7-14(12)16(15)2/h1,4-10,12,14H,2H3. The molecule has 0 bridgehead atoms.